The van der Waals surface area contributed by atoms with E-state index in [0.717, 1.165) is 5.39 Å². The number of aromatic amines is 1. The molecule has 2 rings (SSSR count). The highest BCUT2D eigenvalue weighted by Crippen LogP contribution is 2.24. The Labute approximate surface area is 126 Å². The molecule has 3 N–H and O–H groups in total. The van der Waals surface area contributed by atoms with Crippen LogP contribution in [0.15, 0.2) is 29.4 Å². The number of carbonyl (C=O) groups excluding carboxylic acids is 1. The van der Waals surface area contributed by atoms with Gasteiger partial charge in [-0.3, -0.25) is 0 Å². The average Bonchev–Trinajstić information content (AvgIpc) is 2.96. The van der Waals surface area contributed by atoms with Gasteiger partial charge in [0.25, 0.3) is 0 Å². The molecule has 0 spiro atoms. The van der Waals surface area contributed by atoms with Crippen molar-refractivity contribution in [1.29, 1.82) is 0 Å². The van der Waals surface area contributed by atoms with Crippen LogP contribution in [-0.2, 0) is 4.74 Å². The summed E-state index contributed by atoms with van der Waals surface area (Å²) in [6, 6.07) is 6.70. The van der Waals surface area contributed by atoms with Crippen LogP contribution in [0, 0.1) is 0 Å². The van der Waals surface area contributed by atoms with Crippen LogP contribution in [0.5, 0.6) is 0 Å². The van der Waals surface area contributed by atoms with Crippen molar-refractivity contribution in [1.82, 2.24) is 4.98 Å². The van der Waals surface area contributed by atoms with Gasteiger partial charge in [-0.05, 0) is 29.6 Å². The lowest BCUT2D eigenvalue weighted by molar-refractivity contribution is 0.0151. The second-order valence-corrected chi connectivity index (χ2v) is 4.78. The van der Waals surface area contributed by atoms with Crippen molar-refractivity contribution in [3.05, 3.63) is 46.0 Å². The van der Waals surface area contributed by atoms with Gasteiger partial charge in [-0.25, -0.2) is 4.79 Å². The summed E-state index contributed by atoms with van der Waals surface area (Å²) in [4.78, 5) is 17.0. The zero-order chi connectivity index (χ0) is 16.1. The van der Waals surface area contributed by atoms with Crippen LogP contribution in [0.4, 0.5) is 0 Å². The number of H-pyrrole nitrogens is 1. The molecule has 0 saturated carbocycles. The van der Waals surface area contributed by atoms with Crippen molar-refractivity contribution in [2.45, 2.75) is 18.6 Å². The molecule has 8 nitrogen and oxygen atoms in total. The summed E-state index contributed by atoms with van der Waals surface area (Å²) in [6.07, 6.45) is -2.00. The largest absolute Gasteiger partial charge is 0.464 e. The zero-order valence-corrected chi connectivity index (χ0v) is 11.9. The number of ether oxygens (including phenoxy) is 1. The molecule has 0 fully saturated rings. The number of rotatable bonds is 6. The van der Waals surface area contributed by atoms with E-state index in [0.29, 0.717) is 16.8 Å². The maximum atomic E-state index is 11.5. The topological polar surface area (TPSA) is 131 Å². The van der Waals surface area contributed by atoms with E-state index in [1.165, 1.54) is 7.11 Å². The minimum absolute atomic E-state index is 0.103. The highest BCUT2D eigenvalue weighted by atomic mass is 16.5. The van der Waals surface area contributed by atoms with E-state index < -0.39 is 18.2 Å². The number of carbonyl (C=O) groups is 1. The van der Waals surface area contributed by atoms with Gasteiger partial charge in [0.1, 0.15) is 11.8 Å². The van der Waals surface area contributed by atoms with Crippen molar-refractivity contribution < 1.29 is 19.7 Å². The third-order valence-corrected chi connectivity index (χ3v) is 3.35. The fraction of sp³-hybridized carbons (Fsp3) is 0.357. The zero-order valence-electron chi connectivity index (χ0n) is 11.9. The molecule has 8 heteroatoms. The molecule has 22 heavy (non-hydrogen) atoms. The Bertz CT molecular complexity index is 721. The molecule has 0 aliphatic heterocycles. The number of methoxy groups -OCH3 is 1. The molecular weight excluding hydrogens is 288 g/mol. The van der Waals surface area contributed by atoms with E-state index in [2.05, 4.69) is 19.7 Å². The van der Waals surface area contributed by atoms with Crippen LogP contribution in [0.25, 0.3) is 21.3 Å². The Kier molecular flexibility index (Phi) is 5.00. The summed E-state index contributed by atoms with van der Waals surface area (Å²) in [5.41, 5.74) is 9.66. The van der Waals surface area contributed by atoms with Gasteiger partial charge in [-0.1, -0.05) is 17.2 Å². The number of hydrogen-bond acceptors (Lipinski definition) is 5. The Balaban J connectivity index is 2.20. The number of nitrogens with zero attached hydrogens (tertiary/aromatic N) is 3. The van der Waals surface area contributed by atoms with Crippen LogP contribution in [0.2, 0.25) is 0 Å². The van der Waals surface area contributed by atoms with Gasteiger partial charge in [0.15, 0.2) is 0 Å². The highest BCUT2D eigenvalue weighted by molar-refractivity contribution is 5.94. The molecular formula is C14H16N4O4. The smallest absolute Gasteiger partial charge is 0.354 e. The van der Waals surface area contributed by atoms with Gasteiger partial charge < -0.3 is 19.9 Å². The molecule has 0 bridgehead atoms. The van der Waals surface area contributed by atoms with Gasteiger partial charge in [-0.15, -0.1) is 0 Å². The predicted octanol–water partition coefficient (Wildman–Crippen LogP) is 2.05. The number of fused-ring (bicyclic) bond motifs is 1. The van der Waals surface area contributed by atoms with Gasteiger partial charge in [-0.2, -0.15) is 0 Å². The molecule has 0 aliphatic carbocycles. The van der Waals surface area contributed by atoms with E-state index in [1.54, 1.807) is 24.3 Å². The van der Waals surface area contributed by atoms with E-state index in [4.69, 9.17) is 5.53 Å². The number of aliphatic hydroxyl groups excluding tert-OH is 2. The predicted molar refractivity (Wildman–Crippen MR) is 79.2 cm³/mol. The Morgan fingerprint density at radius 1 is 1.45 bits per heavy atom. The van der Waals surface area contributed by atoms with E-state index in [-0.39, 0.29) is 13.0 Å². The SMILES string of the molecule is COC(=O)c1cc2ccc(C(O)C(O)CCN=[N+]=[N-])cc2[nH]1. The first kappa shape index (κ1) is 15.8. The summed E-state index contributed by atoms with van der Waals surface area (Å²) in [6.45, 7) is 0.103. The van der Waals surface area contributed by atoms with Crippen LogP contribution in [0.3, 0.4) is 0 Å². The lowest BCUT2D eigenvalue weighted by atomic mass is 10.0. The molecule has 2 aromatic rings. The number of benzene rings is 1. The summed E-state index contributed by atoms with van der Waals surface area (Å²) in [5, 5.41) is 24.1. The minimum atomic E-state index is -1.11. The summed E-state index contributed by atoms with van der Waals surface area (Å²) in [7, 11) is 1.29. The van der Waals surface area contributed by atoms with E-state index in [9.17, 15) is 15.0 Å². The molecule has 2 atom stereocenters. The van der Waals surface area contributed by atoms with Gasteiger partial charge in [0.2, 0.25) is 0 Å². The minimum Gasteiger partial charge on any atom is -0.464 e. The molecule has 0 amide bonds. The average molecular weight is 304 g/mol. The van der Waals surface area contributed by atoms with Crippen LogP contribution < -0.4 is 0 Å². The molecule has 1 aromatic carbocycles. The highest BCUT2D eigenvalue weighted by Gasteiger charge is 2.19. The lowest BCUT2D eigenvalue weighted by Crippen LogP contribution is -2.19. The van der Waals surface area contributed by atoms with Gasteiger partial charge >= 0.3 is 5.97 Å². The first-order chi connectivity index (χ1) is 10.6. The van der Waals surface area contributed by atoms with Crippen LogP contribution in [-0.4, -0.2) is 40.9 Å². The third kappa shape index (κ3) is 3.37. The summed E-state index contributed by atoms with van der Waals surface area (Å²) in [5.74, 6) is -0.479. The number of aromatic nitrogens is 1. The molecule has 1 aromatic heterocycles. The molecule has 0 saturated heterocycles. The Morgan fingerprint density at radius 2 is 2.23 bits per heavy atom. The number of nitrogens with one attached hydrogen (secondary N) is 1. The maximum absolute atomic E-state index is 11.5. The number of aliphatic hydroxyl groups is 2. The fourth-order valence-corrected chi connectivity index (χ4v) is 2.16. The molecule has 116 valence electrons. The Morgan fingerprint density at radius 3 is 2.91 bits per heavy atom. The van der Waals surface area contributed by atoms with Crippen molar-refractivity contribution >= 4 is 16.9 Å². The molecule has 0 radical (unpaired) electrons. The molecule has 0 aliphatic rings. The number of hydrogen-bond donors (Lipinski definition) is 3. The van der Waals surface area contributed by atoms with Crippen LogP contribution >= 0.6 is 0 Å². The first-order valence-corrected chi connectivity index (χ1v) is 6.64. The lowest BCUT2D eigenvalue weighted by Gasteiger charge is -2.17. The van der Waals surface area contributed by atoms with E-state index >= 15 is 0 Å². The van der Waals surface area contributed by atoms with Crippen LogP contribution in [0.1, 0.15) is 28.6 Å². The van der Waals surface area contributed by atoms with Gasteiger partial charge in [0.05, 0.1) is 13.2 Å². The van der Waals surface area contributed by atoms with E-state index in [1.807, 2.05) is 0 Å². The van der Waals surface area contributed by atoms with Crippen molar-refractivity contribution in [3.8, 4) is 0 Å². The quantitative estimate of drug-likeness (QED) is 0.326. The summed E-state index contributed by atoms with van der Waals surface area (Å²) < 4.78 is 4.64. The molecule has 1 heterocycles. The number of esters is 1. The van der Waals surface area contributed by atoms with Crippen molar-refractivity contribution in [3.63, 3.8) is 0 Å². The standard InChI is InChI=1S/C14H16N4O4/c1-22-14(21)11-6-8-2-3-9(7-10(8)17-11)13(20)12(19)4-5-16-18-15/h2-3,6-7,12-13,17,19-20H,4-5H2,1H3. The van der Waals surface area contributed by atoms with Crippen molar-refractivity contribution in [2.24, 2.45) is 5.11 Å². The summed E-state index contributed by atoms with van der Waals surface area (Å²) >= 11 is 0. The normalized spacial score (nSPS) is 13.4. The van der Waals surface area contributed by atoms with Crippen molar-refractivity contribution in [2.75, 3.05) is 13.7 Å². The second-order valence-electron chi connectivity index (χ2n) is 4.78. The molecule has 2 unspecified atom stereocenters. The third-order valence-electron chi connectivity index (χ3n) is 3.35. The maximum Gasteiger partial charge on any atom is 0.354 e. The number of azide groups is 1. The fourth-order valence-electron chi connectivity index (χ4n) is 2.16. The van der Waals surface area contributed by atoms with Gasteiger partial charge in [0, 0.05) is 22.4 Å². The monoisotopic (exact) mass is 304 g/mol. The Hall–Kier alpha value is -2.54. The second kappa shape index (κ2) is 6.95. The first-order valence-electron chi connectivity index (χ1n) is 6.64.